The number of ether oxygens (including phenoxy) is 2. The van der Waals surface area contributed by atoms with Crippen LogP contribution in [0.15, 0.2) is 85.1 Å². The monoisotopic (exact) mass is 792 g/mol. The van der Waals surface area contributed by atoms with E-state index in [1.165, 1.54) is 51.4 Å². The molecule has 314 valence electrons. The quantitative estimate of drug-likeness (QED) is 0.0238. The van der Waals surface area contributed by atoms with Crippen molar-refractivity contribution in [2.24, 2.45) is 5.73 Å². The maximum atomic E-state index is 12.5. The number of phosphoric acid groups is 1. The number of carboxylic acids is 1. The van der Waals surface area contributed by atoms with E-state index in [0.29, 0.717) is 13.0 Å². The van der Waals surface area contributed by atoms with E-state index in [0.717, 1.165) is 64.2 Å². The Morgan fingerprint density at radius 1 is 0.600 bits per heavy atom. The zero-order valence-electron chi connectivity index (χ0n) is 34.0. The number of hydrogen-bond acceptors (Lipinski definition) is 8. The predicted molar refractivity (Wildman–Crippen MR) is 226 cm³/mol. The van der Waals surface area contributed by atoms with Gasteiger partial charge in [0.1, 0.15) is 12.1 Å². The second-order valence-electron chi connectivity index (χ2n) is 13.4. The first-order valence-electron chi connectivity index (χ1n) is 20.6. The Morgan fingerprint density at radius 2 is 1.05 bits per heavy atom. The Morgan fingerprint density at radius 3 is 1.58 bits per heavy atom. The van der Waals surface area contributed by atoms with Crippen LogP contribution in [0.5, 0.6) is 0 Å². The number of allylic oxidation sites excluding steroid dienone is 14. The second kappa shape index (κ2) is 39.4. The third kappa shape index (κ3) is 39.2. The van der Waals surface area contributed by atoms with Gasteiger partial charge in [0.25, 0.3) is 0 Å². The molecule has 0 spiro atoms. The van der Waals surface area contributed by atoms with Crippen molar-refractivity contribution in [1.29, 1.82) is 0 Å². The van der Waals surface area contributed by atoms with Gasteiger partial charge in [0.2, 0.25) is 0 Å². The first-order valence-corrected chi connectivity index (χ1v) is 22.1. The minimum Gasteiger partial charge on any atom is -0.480 e. The summed E-state index contributed by atoms with van der Waals surface area (Å²) in [7, 11) is -4.64. The highest BCUT2D eigenvalue weighted by atomic mass is 31.2. The topological polar surface area (TPSA) is 155 Å². The van der Waals surface area contributed by atoms with Crippen molar-refractivity contribution in [2.45, 2.75) is 154 Å². The van der Waals surface area contributed by atoms with Crippen molar-refractivity contribution >= 4 is 19.8 Å². The first kappa shape index (κ1) is 52.2. The van der Waals surface area contributed by atoms with Crippen molar-refractivity contribution in [3.8, 4) is 0 Å². The number of carbonyl (C=O) groups is 2. The standard InChI is InChI=1S/C44H74NO9P/c1-3-5-7-9-11-13-15-17-18-19-20-21-22-23-25-27-29-31-33-35-37-51-38-41(39-52-55(49,50)53-40-42(45)44(47)48)54-43(46)36-34-32-30-28-26-24-16-14-12-10-8-6-4-2/h6,8,11-14,17-18,20-21,24,26,30,32,41-42H,3-5,7,9-10,15-16,19,22-23,25,27-29,31,33-40,45H2,1-2H3,(H,47,48)(H,49,50)/b8-6-,13-11-,14-12-,18-17-,21-20-,26-24-,32-30-. The van der Waals surface area contributed by atoms with Gasteiger partial charge in [-0.2, -0.15) is 0 Å². The molecule has 3 atom stereocenters. The van der Waals surface area contributed by atoms with E-state index in [4.69, 9.17) is 24.8 Å². The Bertz CT molecular complexity index is 1190. The molecule has 0 aromatic heterocycles. The lowest BCUT2D eigenvalue weighted by Crippen LogP contribution is -2.34. The zero-order chi connectivity index (χ0) is 40.5. The molecule has 10 nitrogen and oxygen atoms in total. The summed E-state index contributed by atoms with van der Waals surface area (Å²) in [5, 5.41) is 8.88. The number of aliphatic carboxylic acids is 1. The molecule has 4 N–H and O–H groups in total. The highest BCUT2D eigenvalue weighted by Gasteiger charge is 2.27. The van der Waals surface area contributed by atoms with Crippen LogP contribution in [0.25, 0.3) is 0 Å². The van der Waals surface area contributed by atoms with Crippen molar-refractivity contribution in [1.82, 2.24) is 0 Å². The van der Waals surface area contributed by atoms with Gasteiger partial charge >= 0.3 is 19.8 Å². The number of nitrogens with two attached hydrogens (primary N) is 1. The molecule has 3 unspecified atom stereocenters. The zero-order valence-corrected chi connectivity index (χ0v) is 34.9. The summed E-state index contributed by atoms with van der Waals surface area (Å²) in [6, 6.07) is -1.49. The number of carbonyl (C=O) groups excluding carboxylic acids is 1. The summed E-state index contributed by atoms with van der Waals surface area (Å²) in [6.45, 7) is 3.59. The van der Waals surface area contributed by atoms with Gasteiger partial charge in [-0.1, -0.05) is 144 Å². The molecule has 0 aliphatic rings. The van der Waals surface area contributed by atoms with Crippen LogP contribution in [0.4, 0.5) is 0 Å². The molecule has 0 rings (SSSR count). The lowest BCUT2D eigenvalue weighted by Gasteiger charge is -2.20. The molecule has 0 fully saturated rings. The Kier molecular flexibility index (Phi) is 37.3. The van der Waals surface area contributed by atoms with E-state index in [2.05, 4.69) is 91.3 Å². The average molecular weight is 792 g/mol. The number of rotatable bonds is 38. The van der Waals surface area contributed by atoms with Gasteiger partial charge in [0.15, 0.2) is 0 Å². The van der Waals surface area contributed by atoms with Crippen LogP contribution in [0.1, 0.15) is 142 Å². The van der Waals surface area contributed by atoms with Crippen LogP contribution in [-0.4, -0.2) is 60.5 Å². The van der Waals surface area contributed by atoms with Crippen molar-refractivity contribution in [2.75, 3.05) is 26.4 Å². The molecule has 0 amide bonds. The van der Waals surface area contributed by atoms with Gasteiger partial charge in [-0.25, -0.2) is 4.57 Å². The number of unbranched alkanes of at least 4 members (excludes halogenated alkanes) is 10. The molecule has 11 heteroatoms. The van der Waals surface area contributed by atoms with E-state index in [-0.39, 0.29) is 13.0 Å². The molecule has 0 aliphatic heterocycles. The van der Waals surface area contributed by atoms with Crippen LogP contribution in [0.3, 0.4) is 0 Å². The fourth-order valence-corrected chi connectivity index (χ4v) is 5.75. The van der Waals surface area contributed by atoms with Gasteiger partial charge in [0, 0.05) is 13.0 Å². The summed E-state index contributed by atoms with van der Waals surface area (Å²) >= 11 is 0. The van der Waals surface area contributed by atoms with Crippen LogP contribution >= 0.6 is 7.82 Å². The Hall–Kier alpha value is -2.85. The fourth-order valence-electron chi connectivity index (χ4n) is 4.98. The van der Waals surface area contributed by atoms with E-state index in [9.17, 15) is 19.0 Å². The van der Waals surface area contributed by atoms with Crippen molar-refractivity contribution in [3.05, 3.63) is 85.1 Å². The third-order valence-corrected chi connectivity index (χ3v) is 9.12. The summed E-state index contributed by atoms with van der Waals surface area (Å²) < 4.78 is 33.2. The highest BCUT2D eigenvalue weighted by molar-refractivity contribution is 7.47. The summed E-state index contributed by atoms with van der Waals surface area (Å²) in [4.78, 5) is 33.4. The Balaban J connectivity index is 4.35. The van der Waals surface area contributed by atoms with Crippen LogP contribution in [0, 0.1) is 0 Å². The Labute approximate surface area is 333 Å². The normalized spacial score (nSPS) is 14.8. The molecular formula is C44H74NO9P. The minimum absolute atomic E-state index is 0.0240. The lowest BCUT2D eigenvalue weighted by atomic mass is 10.1. The summed E-state index contributed by atoms with van der Waals surface area (Å²) in [5.41, 5.74) is 5.34. The minimum atomic E-state index is -4.64. The number of phosphoric ester groups is 1. The smallest absolute Gasteiger partial charge is 0.472 e. The van der Waals surface area contributed by atoms with Gasteiger partial charge in [-0.15, -0.1) is 0 Å². The maximum Gasteiger partial charge on any atom is 0.472 e. The highest BCUT2D eigenvalue weighted by Crippen LogP contribution is 2.43. The molecule has 0 aromatic carbocycles. The second-order valence-corrected chi connectivity index (χ2v) is 14.8. The van der Waals surface area contributed by atoms with E-state index in [1.807, 2.05) is 12.2 Å². The third-order valence-electron chi connectivity index (χ3n) is 8.17. The molecule has 0 aliphatic carbocycles. The lowest BCUT2D eigenvalue weighted by molar-refractivity contribution is -0.154. The SMILES string of the molecule is CC/C=C\C/C=C\C/C=C\C/C=C\CCC(=O)OC(COCCCCCCCCC/C=C\C/C=C\C/C=C\CCCCC)COP(=O)(O)OCC(N)C(=O)O. The molecule has 0 saturated heterocycles. The van der Waals surface area contributed by atoms with Gasteiger partial charge in [-0.3, -0.25) is 18.6 Å². The number of hydrogen-bond donors (Lipinski definition) is 3. The summed E-state index contributed by atoms with van der Waals surface area (Å²) in [6.07, 6.45) is 49.4. The van der Waals surface area contributed by atoms with Crippen molar-refractivity contribution < 1.29 is 42.7 Å². The first-order chi connectivity index (χ1) is 26.7. The van der Waals surface area contributed by atoms with Gasteiger partial charge in [0.05, 0.1) is 19.8 Å². The molecule has 0 heterocycles. The predicted octanol–water partition coefficient (Wildman–Crippen LogP) is 11.2. The number of carboxylic acid groups (broad SMARTS) is 1. The molecule has 55 heavy (non-hydrogen) atoms. The van der Waals surface area contributed by atoms with Crippen molar-refractivity contribution in [3.63, 3.8) is 0 Å². The molecule has 0 saturated carbocycles. The molecule has 0 aromatic rings. The van der Waals surface area contributed by atoms with E-state index >= 15 is 0 Å². The van der Waals surface area contributed by atoms with E-state index < -0.39 is 45.1 Å². The molecule has 0 bridgehead atoms. The van der Waals surface area contributed by atoms with Gasteiger partial charge < -0.3 is 25.2 Å². The molecular weight excluding hydrogens is 717 g/mol. The maximum absolute atomic E-state index is 12.5. The fraction of sp³-hybridized carbons (Fsp3) is 0.636. The number of esters is 1. The van der Waals surface area contributed by atoms with Crippen LogP contribution in [0.2, 0.25) is 0 Å². The van der Waals surface area contributed by atoms with Crippen LogP contribution in [-0.2, 0) is 32.7 Å². The van der Waals surface area contributed by atoms with Crippen LogP contribution < -0.4 is 5.73 Å². The summed E-state index contributed by atoms with van der Waals surface area (Å²) in [5.74, 6) is -1.88. The average Bonchev–Trinajstić information content (AvgIpc) is 3.16. The van der Waals surface area contributed by atoms with Gasteiger partial charge in [-0.05, 0) is 77.0 Å². The van der Waals surface area contributed by atoms with E-state index in [1.54, 1.807) is 0 Å². The molecule has 0 radical (unpaired) electrons. The largest absolute Gasteiger partial charge is 0.480 e.